The van der Waals surface area contributed by atoms with E-state index in [0.717, 1.165) is 9.37 Å². The topological polar surface area (TPSA) is 69.1 Å². The number of rotatable bonds is 3. The third kappa shape index (κ3) is 2.92. The highest BCUT2D eigenvalue weighted by Gasteiger charge is 2.12. The molecule has 3 nitrogen and oxygen atoms in total. The average Bonchev–Trinajstić information content (AvgIpc) is 2.09. The highest BCUT2D eigenvalue weighted by molar-refractivity contribution is 9.10. The number of nitrogen functional groups attached to an aromatic ring is 1. The maximum absolute atomic E-state index is 10.8. The number of anilines is 1. The van der Waals surface area contributed by atoms with Crippen LogP contribution >= 0.6 is 27.7 Å². The van der Waals surface area contributed by atoms with Crippen LogP contribution in [0, 0.1) is 0 Å². The lowest BCUT2D eigenvalue weighted by atomic mass is 10.3. The minimum atomic E-state index is -0.321. The molecule has 4 N–H and O–H groups in total. The van der Waals surface area contributed by atoms with Gasteiger partial charge in [0.05, 0.1) is 5.25 Å². The molecule has 0 saturated heterocycles. The van der Waals surface area contributed by atoms with Crippen LogP contribution in [0.4, 0.5) is 5.69 Å². The van der Waals surface area contributed by atoms with E-state index < -0.39 is 0 Å². The molecule has 5 heteroatoms. The van der Waals surface area contributed by atoms with Crippen molar-refractivity contribution in [2.75, 3.05) is 5.73 Å². The van der Waals surface area contributed by atoms with Crippen LogP contribution in [0.3, 0.4) is 0 Å². The maximum atomic E-state index is 10.8. The van der Waals surface area contributed by atoms with Crippen LogP contribution in [0.15, 0.2) is 27.6 Å². The Bertz CT molecular complexity index is 357. The van der Waals surface area contributed by atoms with Gasteiger partial charge in [-0.25, -0.2) is 0 Å². The highest BCUT2D eigenvalue weighted by Crippen LogP contribution is 2.31. The summed E-state index contributed by atoms with van der Waals surface area (Å²) in [5, 5.41) is -0.241. The Labute approximate surface area is 95.4 Å². The van der Waals surface area contributed by atoms with Crippen LogP contribution in [0.5, 0.6) is 0 Å². The second-order valence-electron chi connectivity index (χ2n) is 2.85. The first-order chi connectivity index (χ1) is 6.50. The molecular weight excluding hydrogens is 264 g/mol. The van der Waals surface area contributed by atoms with E-state index in [0.29, 0.717) is 5.69 Å². The Kier molecular flexibility index (Phi) is 3.83. The largest absolute Gasteiger partial charge is 0.399 e. The summed E-state index contributed by atoms with van der Waals surface area (Å²) >= 11 is 4.78. The molecule has 0 heterocycles. The number of thioether (sulfide) groups is 1. The molecule has 1 rings (SSSR count). The van der Waals surface area contributed by atoms with Gasteiger partial charge in [-0.15, -0.1) is 11.8 Å². The fraction of sp³-hybridized carbons (Fsp3) is 0.222. The molecular formula is C9H11BrN2OS. The first-order valence-corrected chi connectivity index (χ1v) is 5.69. The van der Waals surface area contributed by atoms with E-state index in [4.69, 9.17) is 11.5 Å². The van der Waals surface area contributed by atoms with E-state index in [-0.39, 0.29) is 11.2 Å². The van der Waals surface area contributed by atoms with E-state index in [1.807, 2.05) is 6.07 Å². The molecule has 0 fully saturated rings. The van der Waals surface area contributed by atoms with Gasteiger partial charge in [0.2, 0.25) is 5.91 Å². The number of carbonyl (C=O) groups excluding carboxylic acids is 1. The van der Waals surface area contributed by atoms with E-state index >= 15 is 0 Å². The Morgan fingerprint density at radius 1 is 1.57 bits per heavy atom. The monoisotopic (exact) mass is 274 g/mol. The van der Waals surface area contributed by atoms with Gasteiger partial charge < -0.3 is 11.5 Å². The number of carbonyl (C=O) groups is 1. The lowest BCUT2D eigenvalue weighted by Crippen LogP contribution is -2.22. The molecule has 0 aromatic heterocycles. The number of hydrogen-bond acceptors (Lipinski definition) is 3. The third-order valence-electron chi connectivity index (χ3n) is 1.66. The SMILES string of the molecule is CC(Sc1ccc(N)cc1Br)C(N)=O. The molecule has 0 saturated carbocycles. The van der Waals surface area contributed by atoms with Crippen LogP contribution in [0.2, 0.25) is 0 Å². The Balaban J connectivity index is 2.82. The molecule has 1 atom stereocenters. The second kappa shape index (κ2) is 4.70. The number of halogens is 1. The van der Waals surface area contributed by atoms with Gasteiger partial charge in [-0.3, -0.25) is 4.79 Å². The quantitative estimate of drug-likeness (QED) is 0.654. The summed E-state index contributed by atoms with van der Waals surface area (Å²) in [5.74, 6) is -0.321. The fourth-order valence-corrected chi connectivity index (χ4v) is 2.35. The van der Waals surface area contributed by atoms with E-state index in [1.54, 1.807) is 19.1 Å². The minimum absolute atomic E-state index is 0.241. The summed E-state index contributed by atoms with van der Waals surface area (Å²) in [6.07, 6.45) is 0. The van der Waals surface area contributed by atoms with Gasteiger partial charge in [0.15, 0.2) is 0 Å². The minimum Gasteiger partial charge on any atom is -0.399 e. The molecule has 76 valence electrons. The van der Waals surface area contributed by atoms with Crippen LogP contribution < -0.4 is 11.5 Å². The smallest absolute Gasteiger partial charge is 0.230 e. The zero-order valence-corrected chi connectivity index (χ0v) is 10.1. The second-order valence-corrected chi connectivity index (χ2v) is 5.09. The Morgan fingerprint density at radius 2 is 2.21 bits per heavy atom. The molecule has 1 unspecified atom stereocenters. The summed E-state index contributed by atoms with van der Waals surface area (Å²) in [7, 11) is 0. The molecule has 0 radical (unpaired) electrons. The van der Waals surface area contributed by atoms with Crippen molar-refractivity contribution in [3.63, 3.8) is 0 Å². The molecule has 1 aromatic carbocycles. The number of primary amides is 1. The van der Waals surface area contributed by atoms with Crippen molar-refractivity contribution in [1.82, 2.24) is 0 Å². The third-order valence-corrected chi connectivity index (χ3v) is 3.77. The van der Waals surface area contributed by atoms with Gasteiger partial charge in [-0.2, -0.15) is 0 Å². The van der Waals surface area contributed by atoms with Crippen molar-refractivity contribution in [2.45, 2.75) is 17.1 Å². The van der Waals surface area contributed by atoms with Crippen molar-refractivity contribution in [1.29, 1.82) is 0 Å². The summed E-state index contributed by atoms with van der Waals surface area (Å²) in [4.78, 5) is 11.8. The van der Waals surface area contributed by atoms with Crippen molar-refractivity contribution < 1.29 is 4.79 Å². The number of nitrogens with two attached hydrogens (primary N) is 2. The lowest BCUT2D eigenvalue weighted by molar-refractivity contribution is -0.117. The van der Waals surface area contributed by atoms with Crippen molar-refractivity contribution in [3.05, 3.63) is 22.7 Å². The van der Waals surface area contributed by atoms with E-state index in [2.05, 4.69) is 15.9 Å². The molecule has 0 aliphatic heterocycles. The van der Waals surface area contributed by atoms with Crippen molar-refractivity contribution in [2.24, 2.45) is 5.73 Å². The molecule has 0 bridgehead atoms. The van der Waals surface area contributed by atoms with E-state index in [9.17, 15) is 4.79 Å². The van der Waals surface area contributed by atoms with E-state index in [1.165, 1.54) is 11.8 Å². The summed E-state index contributed by atoms with van der Waals surface area (Å²) in [6, 6.07) is 5.46. The summed E-state index contributed by atoms with van der Waals surface area (Å²) < 4.78 is 0.885. The van der Waals surface area contributed by atoms with Gasteiger partial charge in [-0.05, 0) is 41.1 Å². The Hall–Kier alpha value is -0.680. The van der Waals surface area contributed by atoms with Crippen LogP contribution in [0.1, 0.15) is 6.92 Å². The number of benzene rings is 1. The molecule has 0 aliphatic carbocycles. The van der Waals surface area contributed by atoms with Gasteiger partial charge in [0.25, 0.3) is 0 Å². The summed E-state index contributed by atoms with van der Waals surface area (Å²) in [6.45, 7) is 1.77. The maximum Gasteiger partial charge on any atom is 0.230 e. The van der Waals surface area contributed by atoms with Gasteiger partial charge in [-0.1, -0.05) is 0 Å². The number of amides is 1. The van der Waals surface area contributed by atoms with Gasteiger partial charge in [0, 0.05) is 15.1 Å². The van der Waals surface area contributed by atoms with Crippen LogP contribution in [0.25, 0.3) is 0 Å². The van der Waals surface area contributed by atoms with Gasteiger partial charge in [0.1, 0.15) is 0 Å². The number of hydrogen-bond donors (Lipinski definition) is 2. The molecule has 1 amide bonds. The lowest BCUT2D eigenvalue weighted by Gasteiger charge is -2.08. The zero-order valence-electron chi connectivity index (χ0n) is 7.66. The summed E-state index contributed by atoms with van der Waals surface area (Å²) in [5.41, 5.74) is 11.4. The first kappa shape index (κ1) is 11.4. The normalized spacial score (nSPS) is 12.4. The highest BCUT2D eigenvalue weighted by atomic mass is 79.9. The van der Waals surface area contributed by atoms with Crippen molar-refractivity contribution in [3.8, 4) is 0 Å². The first-order valence-electron chi connectivity index (χ1n) is 4.01. The fourth-order valence-electron chi connectivity index (χ4n) is 0.861. The molecule has 0 spiro atoms. The zero-order chi connectivity index (χ0) is 10.7. The molecule has 14 heavy (non-hydrogen) atoms. The predicted molar refractivity (Wildman–Crippen MR) is 63.1 cm³/mol. The standard InChI is InChI=1S/C9H11BrN2OS/c1-5(9(12)13)14-8-3-2-6(11)4-7(8)10/h2-5H,11H2,1H3,(H2,12,13). The molecule has 1 aromatic rings. The molecule has 0 aliphatic rings. The van der Waals surface area contributed by atoms with Crippen LogP contribution in [-0.2, 0) is 4.79 Å². The van der Waals surface area contributed by atoms with Crippen LogP contribution in [-0.4, -0.2) is 11.2 Å². The predicted octanol–water partition coefficient (Wildman–Crippen LogP) is 2.00. The average molecular weight is 275 g/mol. The Morgan fingerprint density at radius 3 is 2.71 bits per heavy atom. The van der Waals surface area contributed by atoms with Crippen molar-refractivity contribution >= 4 is 39.3 Å². The van der Waals surface area contributed by atoms with Gasteiger partial charge >= 0.3 is 0 Å².